The molecule has 1 aromatic carbocycles. The Morgan fingerprint density at radius 2 is 1.88 bits per heavy atom. The third-order valence-corrected chi connectivity index (χ3v) is 5.78. The lowest BCUT2D eigenvalue weighted by atomic mass is 10.0. The van der Waals surface area contributed by atoms with Crippen molar-refractivity contribution in [3.05, 3.63) is 48.3 Å². The van der Waals surface area contributed by atoms with Crippen LogP contribution in [0.4, 0.5) is 13.2 Å². The van der Waals surface area contributed by atoms with Gasteiger partial charge < -0.3 is 16.0 Å². The zero-order valence-electron chi connectivity index (χ0n) is 18.5. The largest absolute Gasteiger partial charge is 0.388 e. The van der Waals surface area contributed by atoms with Crippen LogP contribution in [0.25, 0.3) is 22.2 Å². The van der Waals surface area contributed by atoms with Gasteiger partial charge in [-0.1, -0.05) is 19.1 Å². The predicted molar refractivity (Wildman–Crippen MR) is 124 cm³/mol. The van der Waals surface area contributed by atoms with E-state index in [2.05, 4.69) is 20.0 Å². The van der Waals surface area contributed by atoms with Crippen LogP contribution in [0.5, 0.6) is 0 Å². The summed E-state index contributed by atoms with van der Waals surface area (Å²) >= 11 is 0. The van der Waals surface area contributed by atoms with Crippen molar-refractivity contribution in [3.8, 4) is 11.1 Å². The fraction of sp³-hybridized carbons (Fsp3) is 0.364. The van der Waals surface area contributed by atoms with Crippen LogP contribution < -0.4 is 15.8 Å². The molecule has 0 aliphatic carbocycles. The standard InChI is InChI=1S/C19H23N5O2S.C3H5F3/c1-21-18(25)12-14-11-17-16(7-10-22-19(17)24-14)13-3-5-15(6-4-13)27(26)23-9-2-8-20;1-2-3(4,5)6/h3-7,10-11,23H,2,8-9,12,20H2,1H3,(H,21,25)(H,22,24);2H2,1H3. The zero-order valence-corrected chi connectivity index (χ0v) is 19.3. The summed E-state index contributed by atoms with van der Waals surface area (Å²) in [5.74, 6) is -0.0583. The summed E-state index contributed by atoms with van der Waals surface area (Å²) in [5, 5.41) is 3.57. The van der Waals surface area contributed by atoms with Gasteiger partial charge in [0.15, 0.2) is 0 Å². The van der Waals surface area contributed by atoms with Gasteiger partial charge in [-0.15, -0.1) is 0 Å². The molecule has 5 N–H and O–H groups in total. The number of hydrogen-bond acceptors (Lipinski definition) is 4. The number of carbonyl (C=O) groups excluding carboxylic acids is 1. The molecule has 0 fully saturated rings. The Hall–Kier alpha value is -2.76. The van der Waals surface area contributed by atoms with Gasteiger partial charge in [0, 0.05) is 37.3 Å². The molecule has 180 valence electrons. The highest BCUT2D eigenvalue weighted by atomic mass is 32.2. The van der Waals surface area contributed by atoms with E-state index in [-0.39, 0.29) is 12.3 Å². The van der Waals surface area contributed by atoms with Crippen LogP contribution in [0.15, 0.2) is 47.5 Å². The number of rotatable bonds is 8. The van der Waals surface area contributed by atoms with Gasteiger partial charge in [-0.25, -0.2) is 13.9 Å². The Labute approximate surface area is 192 Å². The highest BCUT2D eigenvalue weighted by Crippen LogP contribution is 2.28. The van der Waals surface area contributed by atoms with Crippen LogP contribution in [0, 0.1) is 0 Å². The third-order valence-electron chi connectivity index (χ3n) is 4.61. The van der Waals surface area contributed by atoms with E-state index in [0.29, 0.717) is 13.1 Å². The van der Waals surface area contributed by atoms with E-state index >= 15 is 0 Å². The molecule has 0 radical (unpaired) electrons. The summed E-state index contributed by atoms with van der Waals surface area (Å²) in [6, 6.07) is 11.5. The van der Waals surface area contributed by atoms with Gasteiger partial charge in [-0.05, 0) is 48.4 Å². The van der Waals surface area contributed by atoms with Crippen molar-refractivity contribution < 1.29 is 22.2 Å². The number of nitrogens with zero attached hydrogens (tertiary/aromatic N) is 1. The van der Waals surface area contributed by atoms with Crippen molar-refractivity contribution in [1.29, 1.82) is 0 Å². The Morgan fingerprint density at radius 1 is 1.21 bits per heavy atom. The van der Waals surface area contributed by atoms with Crippen molar-refractivity contribution in [2.45, 2.75) is 37.3 Å². The molecule has 0 saturated heterocycles. The average molecular weight is 484 g/mol. The normalized spacial score (nSPS) is 12.2. The van der Waals surface area contributed by atoms with Gasteiger partial charge in [0.1, 0.15) is 16.6 Å². The van der Waals surface area contributed by atoms with Crippen molar-refractivity contribution in [3.63, 3.8) is 0 Å². The summed E-state index contributed by atoms with van der Waals surface area (Å²) in [4.78, 5) is 19.9. The summed E-state index contributed by atoms with van der Waals surface area (Å²) < 4.78 is 47.5. The van der Waals surface area contributed by atoms with E-state index < -0.39 is 23.6 Å². The molecule has 0 aliphatic rings. The molecule has 0 aliphatic heterocycles. The van der Waals surface area contributed by atoms with Gasteiger partial charge in [0.05, 0.1) is 11.3 Å². The third kappa shape index (κ3) is 8.26. The molecule has 2 aromatic heterocycles. The van der Waals surface area contributed by atoms with Gasteiger partial charge in [0.25, 0.3) is 0 Å². The maximum Gasteiger partial charge on any atom is 0.388 e. The molecule has 3 rings (SSSR count). The number of likely N-dealkylation sites (N-methyl/N-ethyl adjacent to an activating group) is 1. The quantitative estimate of drug-likeness (QED) is 0.368. The van der Waals surface area contributed by atoms with Gasteiger partial charge in [-0.3, -0.25) is 4.79 Å². The molecule has 0 bridgehead atoms. The number of halogens is 3. The maximum atomic E-state index is 12.2. The van der Waals surface area contributed by atoms with Gasteiger partial charge in [0.2, 0.25) is 5.91 Å². The SMILES string of the molecule is CCC(F)(F)F.CNC(=O)Cc1cc2c(-c3ccc(S(=O)NCCCN)cc3)ccnc2[nH]1. The predicted octanol–water partition coefficient (Wildman–Crippen LogP) is 3.44. The molecule has 33 heavy (non-hydrogen) atoms. The number of hydrogen-bond donors (Lipinski definition) is 4. The Kier molecular flexibility index (Phi) is 10.0. The number of amides is 1. The number of fused-ring (bicyclic) bond motifs is 1. The van der Waals surface area contributed by atoms with Crippen LogP contribution in [-0.4, -0.2) is 46.4 Å². The number of alkyl halides is 3. The van der Waals surface area contributed by atoms with Crippen LogP contribution in [0.1, 0.15) is 25.5 Å². The number of nitrogens with two attached hydrogens (primary N) is 1. The molecule has 7 nitrogen and oxygen atoms in total. The van der Waals surface area contributed by atoms with Crippen LogP contribution >= 0.6 is 0 Å². The fourth-order valence-corrected chi connectivity index (χ4v) is 3.68. The molecule has 1 amide bonds. The molecule has 0 spiro atoms. The number of carbonyl (C=O) groups is 1. The molecule has 0 saturated carbocycles. The van der Waals surface area contributed by atoms with E-state index in [1.54, 1.807) is 13.2 Å². The number of H-pyrrole nitrogens is 1. The summed E-state index contributed by atoms with van der Waals surface area (Å²) in [7, 11) is 0.367. The maximum absolute atomic E-state index is 12.2. The van der Waals surface area contributed by atoms with Crippen LogP contribution in [0.3, 0.4) is 0 Å². The number of benzene rings is 1. The molecule has 1 unspecified atom stereocenters. The minimum atomic E-state index is -3.96. The van der Waals surface area contributed by atoms with Crippen LogP contribution in [-0.2, 0) is 22.2 Å². The van der Waals surface area contributed by atoms with Crippen LogP contribution in [0.2, 0.25) is 0 Å². The topological polar surface area (TPSA) is 113 Å². The Balaban J connectivity index is 0.000000569. The van der Waals surface area contributed by atoms with E-state index in [0.717, 1.165) is 46.1 Å². The molecule has 11 heteroatoms. The van der Waals surface area contributed by atoms with E-state index in [1.165, 1.54) is 0 Å². The number of aromatic nitrogens is 2. The second kappa shape index (κ2) is 12.5. The highest BCUT2D eigenvalue weighted by molar-refractivity contribution is 7.83. The first kappa shape index (κ1) is 26.5. The zero-order chi connectivity index (χ0) is 24.4. The average Bonchev–Trinajstić information content (AvgIpc) is 3.21. The van der Waals surface area contributed by atoms with Gasteiger partial charge >= 0.3 is 6.18 Å². The van der Waals surface area contributed by atoms with Crippen molar-refractivity contribution in [2.75, 3.05) is 20.1 Å². The van der Waals surface area contributed by atoms with Crippen molar-refractivity contribution >= 4 is 27.9 Å². The first-order chi connectivity index (χ1) is 15.7. The van der Waals surface area contributed by atoms with Gasteiger partial charge in [-0.2, -0.15) is 13.2 Å². The minimum absolute atomic E-state index is 0.0583. The molecule has 2 heterocycles. The number of pyridine rings is 1. The molecular formula is C22H28F3N5O2S. The number of aromatic amines is 1. The highest BCUT2D eigenvalue weighted by Gasteiger charge is 2.22. The minimum Gasteiger partial charge on any atom is -0.359 e. The molecule has 3 aromatic rings. The monoisotopic (exact) mass is 483 g/mol. The lowest BCUT2D eigenvalue weighted by Gasteiger charge is -2.06. The smallest absolute Gasteiger partial charge is 0.359 e. The van der Waals surface area contributed by atoms with Crippen molar-refractivity contribution in [2.24, 2.45) is 5.73 Å². The van der Waals surface area contributed by atoms with E-state index in [4.69, 9.17) is 5.73 Å². The molecule has 1 atom stereocenters. The summed E-state index contributed by atoms with van der Waals surface area (Å²) in [5.41, 5.74) is 9.00. The fourth-order valence-electron chi connectivity index (χ4n) is 2.80. The Morgan fingerprint density at radius 3 is 2.45 bits per heavy atom. The molecular weight excluding hydrogens is 455 g/mol. The first-order valence-corrected chi connectivity index (χ1v) is 11.5. The number of nitrogens with one attached hydrogen (secondary N) is 3. The second-order valence-electron chi connectivity index (χ2n) is 7.06. The van der Waals surface area contributed by atoms with E-state index in [1.807, 2.05) is 36.4 Å². The Bertz CT molecular complexity index is 1070. The lowest BCUT2D eigenvalue weighted by Crippen LogP contribution is -2.20. The van der Waals surface area contributed by atoms with Crippen molar-refractivity contribution in [1.82, 2.24) is 20.0 Å². The lowest BCUT2D eigenvalue weighted by molar-refractivity contribution is -0.130. The summed E-state index contributed by atoms with van der Waals surface area (Å²) in [6.45, 7) is 2.27. The first-order valence-electron chi connectivity index (χ1n) is 10.4. The summed E-state index contributed by atoms with van der Waals surface area (Å²) in [6.07, 6.45) is -1.89. The van der Waals surface area contributed by atoms with E-state index in [9.17, 15) is 22.2 Å². The second-order valence-corrected chi connectivity index (χ2v) is 8.36.